The second-order valence-corrected chi connectivity index (χ2v) is 24.8. The highest BCUT2D eigenvalue weighted by molar-refractivity contribution is 6.33. The highest BCUT2D eigenvalue weighted by Crippen LogP contribution is 2.25. The van der Waals surface area contributed by atoms with E-state index in [1.54, 1.807) is 0 Å². The lowest BCUT2D eigenvalue weighted by Crippen LogP contribution is -2.47. The maximum Gasteiger partial charge on any atom is 0.172 e. The monoisotopic (exact) mass is 952 g/mol. The normalized spacial score (nSPS) is 15.1. The van der Waals surface area contributed by atoms with Gasteiger partial charge in [0.2, 0.25) is 0 Å². The van der Waals surface area contributed by atoms with Gasteiger partial charge in [-0.1, -0.05) is 79.3 Å². The summed E-state index contributed by atoms with van der Waals surface area (Å²) in [5.41, 5.74) is 1.63. The van der Waals surface area contributed by atoms with E-state index in [0.29, 0.717) is 70.5 Å². The fourth-order valence-corrected chi connectivity index (χ4v) is 9.23. The third kappa shape index (κ3) is 27.5. The number of nitrogens with one attached hydrogen (secondary N) is 3. The van der Waals surface area contributed by atoms with Crippen LogP contribution in [-0.2, 0) is 9.47 Å². The molecular formula is C48H93N5O8Si3. The van der Waals surface area contributed by atoms with E-state index >= 15 is 0 Å². The smallest absolute Gasteiger partial charge is 0.172 e. The van der Waals surface area contributed by atoms with Crippen molar-refractivity contribution in [3.8, 4) is 11.5 Å². The molecule has 0 saturated carbocycles. The molecule has 0 fully saturated rings. The molecular weight excluding hydrogens is 859 g/mol. The van der Waals surface area contributed by atoms with Crippen molar-refractivity contribution >= 4 is 39.9 Å². The Morgan fingerprint density at radius 1 is 0.641 bits per heavy atom. The lowest BCUT2D eigenvalue weighted by Gasteiger charge is -2.34. The minimum Gasteiger partial charge on any atom is -0.493 e. The summed E-state index contributed by atoms with van der Waals surface area (Å²) in [5, 5.41) is 54.0. The standard InChI is InChI=1S/C48H93N5O8Si3/c1-47(2,3)37-58-27-25-52(38-13-19-42(20-14-38)60-36-45(56)51-24-12-30-64-9)34-43(32-50-23-11-29-63-8)61-46(57)35-53(33-40(54)31-49-22-10-28-62-7)39-15-17-41(18-16-39)59-26-21-44(55)48(4,5)6/h13-20,40,43-46,49-51,54-57H,10-12,21-37,62-64H2,1-9H3. The Kier molecular flexibility index (Phi) is 30.3. The molecule has 5 atom stereocenters. The van der Waals surface area contributed by atoms with E-state index in [4.69, 9.17) is 18.9 Å². The van der Waals surface area contributed by atoms with E-state index in [9.17, 15) is 20.4 Å². The molecule has 0 radical (unpaired) electrons. The number of anilines is 2. The predicted octanol–water partition coefficient (Wildman–Crippen LogP) is 3.84. The van der Waals surface area contributed by atoms with Crippen molar-refractivity contribution in [2.24, 2.45) is 10.8 Å². The summed E-state index contributed by atoms with van der Waals surface area (Å²) in [7, 11) is 0.0217. The molecule has 2 aromatic rings. The molecule has 13 nitrogen and oxygen atoms in total. The van der Waals surface area contributed by atoms with Gasteiger partial charge in [0.1, 0.15) is 24.3 Å². The first-order valence-electron chi connectivity index (χ1n) is 24.6. The summed E-state index contributed by atoms with van der Waals surface area (Å²) < 4.78 is 24.7. The topological polar surface area (TPSA) is 160 Å². The Bertz CT molecular complexity index is 1420. The van der Waals surface area contributed by atoms with Gasteiger partial charge in [0.25, 0.3) is 0 Å². The molecule has 0 aliphatic carbocycles. The van der Waals surface area contributed by atoms with Crippen LogP contribution in [0.2, 0.25) is 37.8 Å². The Morgan fingerprint density at radius 2 is 1.19 bits per heavy atom. The second kappa shape index (κ2) is 33.4. The number of aliphatic hydroxyl groups excluding tert-OH is 4. The van der Waals surface area contributed by atoms with Crippen LogP contribution in [0.4, 0.5) is 11.4 Å². The zero-order valence-corrected chi connectivity index (χ0v) is 45.8. The molecule has 0 aromatic heterocycles. The highest BCUT2D eigenvalue weighted by atomic mass is 28.2. The number of aliphatic hydroxyl groups is 4. The molecule has 0 amide bonds. The van der Waals surface area contributed by atoms with Gasteiger partial charge >= 0.3 is 0 Å². The molecule has 16 heteroatoms. The fraction of sp³-hybridized carbons (Fsp3) is 0.750. The second-order valence-electron chi connectivity index (χ2n) is 19.6. The summed E-state index contributed by atoms with van der Waals surface area (Å²) in [5.74, 6) is 1.37. The number of rotatable bonds is 38. The summed E-state index contributed by atoms with van der Waals surface area (Å²) in [6.07, 6.45) is 0.455. The van der Waals surface area contributed by atoms with Crippen LogP contribution in [-0.4, -0.2) is 165 Å². The summed E-state index contributed by atoms with van der Waals surface area (Å²) in [6.45, 7) is 26.3. The van der Waals surface area contributed by atoms with E-state index in [2.05, 4.69) is 61.3 Å². The lowest BCUT2D eigenvalue weighted by atomic mass is 9.87. The first kappa shape index (κ1) is 58.1. The van der Waals surface area contributed by atoms with E-state index in [1.807, 2.05) is 74.2 Å². The first-order chi connectivity index (χ1) is 30.5. The van der Waals surface area contributed by atoms with Crippen LogP contribution in [0.15, 0.2) is 48.5 Å². The minimum absolute atomic E-state index is 0.0163. The molecule has 370 valence electrons. The van der Waals surface area contributed by atoms with E-state index in [-0.39, 0.29) is 58.6 Å². The van der Waals surface area contributed by atoms with Crippen LogP contribution in [0.3, 0.4) is 0 Å². The predicted molar refractivity (Wildman–Crippen MR) is 277 cm³/mol. The van der Waals surface area contributed by atoms with Gasteiger partial charge < -0.3 is 59.8 Å². The Balaban J connectivity index is 2.29. The average Bonchev–Trinajstić information content (AvgIpc) is 3.24. The van der Waals surface area contributed by atoms with Crippen molar-refractivity contribution in [3.63, 3.8) is 0 Å². The minimum atomic E-state index is -1.15. The van der Waals surface area contributed by atoms with Gasteiger partial charge in [-0.15, -0.1) is 0 Å². The third-order valence-electron chi connectivity index (χ3n) is 10.9. The van der Waals surface area contributed by atoms with Crippen LogP contribution in [0.25, 0.3) is 0 Å². The molecule has 0 bridgehead atoms. The van der Waals surface area contributed by atoms with Gasteiger partial charge in [0, 0.05) is 79.1 Å². The van der Waals surface area contributed by atoms with Gasteiger partial charge in [0.15, 0.2) is 6.29 Å². The van der Waals surface area contributed by atoms with Crippen molar-refractivity contribution in [3.05, 3.63) is 48.5 Å². The SMILES string of the molecule is C[SiH2]CCCNCC(O)CN(CC(O)OC(CNCCC[SiH2]C)CN(CCOCC(C)(C)C)c1ccc(OCC(O)NCCC[SiH2]C)cc1)c1ccc(OCCC(O)C(C)(C)C)cc1. The van der Waals surface area contributed by atoms with Gasteiger partial charge in [-0.2, -0.15) is 0 Å². The molecule has 0 aliphatic heterocycles. The zero-order valence-electron chi connectivity index (χ0n) is 41.6. The van der Waals surface area contributed by atoms with Crippen molar-refractivity contribution in [2.45, 2.75) is 136 Å². The summed E-state index contributed by atoms with van der Waals surface area (Å²) in [6, 6.07) is 19.4. The first-order valence-corrected chi connectivity index (χ1v) is 31.8. The van der Waals surface area contributed by atoms with Crippen LogP contribution in [0, 0.1) is 10.8 Å². The van der Waals surface area contributed by atoms with Crippen molar-refractivity contribution in [1.29, 1.82) is 0 Å². The molecule has 5 unspecified atom stereocenters. The molecule has 64 heavy (non-hydrogen) atoms. The van der Waals surface area contributed by atoms with Gasteiger partial charge in [0.05, 0.1) is 44.7 Å². The van der Waals surface area contributed by atoms with Crippen LogP contribution >= 0.6 is 0 Å². The molecule has 2 aromatic carbocycles. The van der Waals surface area contributed by atoms with Crippen LogP contribution < -0.4 is 35.2 Å². The summed E-state index contributed by atoms with van der Waals surface area (Å²) >= 11 is 0. The fourth-order valence-electron chi connectivity index (χ4n) is 6.98. The molecule has 0 aliphatic rings. The van der Waals surface area contributed by atoms with E-state index in [1.165, 1.54) is 18.1 Å². The molecule has 2 rings (SSSR count). The molecule has 7 N–H and O–H groups in total. The van der Waals surface area contributed by atoms with E-state index in [0.717, 1.165) is 50.3 Å². The maximum atomic E-state index is 11.8. The van der Waals surface area contributed by atoms with Gasteiger partial charge in [-0.05, 0) is 98.3 Å². The van der Waals surface area contributed by atoms with Crippen molar-refractivity contribution in [1.82, 2.24) is 16.0 Å². The third-order valence-corrected chi connectivity index (χ3v) is 14.5. The quantitative estimate of drug-likeness (QED) is 0.0296. The van der Waals surface area contributed by atoms with Crippen LogP contribution in [0.5, 0.6) is 11.5 Å². The zero-order chi connectivity index (χ0) is 47.2. The van der Waals surface area contributed by atoms with Gasteiger partial charge in [-0.25, -0.2) is 0 Å². The maximum absolute atomic E-state index is 11.8. The van der Waals surface area contributed by atoms with E-state index < -0.39 is 24.7 Å². The molecule has 0 spiro atoms. The Morgan fingerprint density at radius 3 is 1.75 bits per heavy atom. The number of hydrogen-bond acceptors (Lipinski definition) is 13. The molecule has 0 heterocycles. The Hall–Kier alpha value is -2.07. The number of benzene rings is 2. The van der Waals surface area contributed by atoms with Crippen molar-refractivity contribution in [2.75, 3.05) is 95.1 Å². The number of hydrogen-bond donors (Lipinski definition) is 7. The average molecular weight is 953 g/mol. The number of nitrogens with zero attached hydrogens (tertiary/aromatic N) is 2. The van der Waals surface area contributed by atoms with Crippen LogP contribution in [0.1, 0.15) is 67.2 Å². The Labute approximate surface area is 395 Å². The summed E-state index contributed by atoms with van der Waals surface area (Å²) in [4.78, 5) is 4.22. The lowest BCUT2D eigenvalue weighted by molar-refractivity contribution is -0.126. The van der Waals surface area contributed by atoms with Gasteiger partial charge in [-0.3, -0.25) is 5.32 Å². The van der Waals surface area contributed by atoms with Crippen molar-refractivity contribution < 1.29 is 39.4 Å². The highest BCUT2D eigenvalue weighted by Gasteiger charge is 2.24. The number of ether oxygens (including phenoxy) is 4. The molecule has 0 saturated heterocycles. The largest absolute Gasteiger partial charge is 0.493 e.